The van der Waals surface area contributed by atoms with Gasteiger partial charge in [0.05, 0.1) is 7.11 Å². The largest absolute Gasteiger partial charge is 0.452 e. The summed E-state index contributed by atoms with van der Waals surface area (Å²) >= 11 is 0. The highest BCUT2D eigenvalue weighted by atomic mass is 16.5. The Morgan fingerprint density at radius 1 is 1.37 bits per heavy atom. The number of hydrogen-bond donors (Lipinski definition) is 0. The molecule has 19 heavy (non-hydrogen) atoms. The molecule has 0 heterocycles. The normalized spacial score (nSPS) is 10.2. The quantitative estimate of drug-likeness (QED) is 0.777. The van der Waals surface area contributed by atoms with Crippen molar-refractivity contribution in [1.29, 1.82) is 0 Å². The molecular weight excluding hydrogens is 246 g/mol. The molecular formula is C14H14NO4. The third-order valence-electron chi connectivity index (χ3n) is 2.48. The Bertz CT molecular complexity index is 508. The zero-order valence-corrected chi connectivity index (χ0v) is 10.8. The van der Waals surface area contributed by atoms with Crippen molar-refractivity contribution in [3.63, 3.8) is 0 Å². The number of benzene rings is 1. The summed E-state index contributed by atoms with van der Waals surface area (Å²) in [6.07, 6.45) is 3.53. The van der Waals surface area contributed by atoms with Gasteiger partial charge in [0.2, 0.25) is 6.29 Å². The van der Waals surface area contributed by atoms with E-state index in [0.29, 0.717) is 11.1 Å². The molecule has 0 N–H and O–H groups in total. The lowest BCUT2D eigenvalue weighted by atomic mass is 10.1. The molecule has 2 amide bonds. The third-order valence-corrected chi connectivity index (χ3v) is 2.48. The molecule has 0 unspecified atom stereocenters. The van der Waals surface area contributed by atoms with E-state index in [1.54, 1.807) is 37.5 Å². The number of nitrogens with zero attached hydrogens (tertiary/aromatic N) is 1. The summed E-state index contributed by atoms with van der Waals surface area (Å²) < 4.78 is 4.55. The fourth-order valence-corrected chi connectivity index (χ4v) is 1.57. The Morgan fingerprint density at radius 3 is 2.63 bits per heavy atom. The molecule has 0 saturated carbocycles. The molecule has 0 bridgehead atoms. The molecule has 0 saturated heterocycles. The number of ether oxygens (including phenoxy) is 1. The molecule has 0 aliphatic carbocycles. The average Bonchev–Trinajstić information content (AvgIpc) is 2.45. The van der Waals surface area contributed by atoms with Gasteiger partial charge in [0.1, 0.15) is 0 Å². The summed E-state index contributed by atoms with van der Waals surface area (Å²) in [6.45, 7) is 1.87. The van der Waals surface area contributed by atoms with Gasteiger partial charge in [-0.2, -0.15) is 0 Å². The van der Waals surface area contributed by atoms with E-state index in [1.165, 1.54) is 19.3 Å². The molecule has 1 aromatic rings. The van der Waals surface area contributed by atoms with Crippen LogP contribution in [-0.2, 0) is 9.53 Å². The fourth-order valence-electron chi connectivity index (χ4n) is 1.57. The van der Waals surface area contributed by atoms with Gasteiger partial charge in [-0.15, -0.1) is 0 Å². The summed E-state index contributed by atoms with van der Waals surface area (Å²) in [5.41, 5.74) is 0.861. The van der Waals surface area contributed by atoms with Crippen molar-refractivity contribution in [2.45, 2.75) is 6.92 Å². The summed E-state index contributed by atoms with van der Waals surface area (Å²) in [4.78, 5) is 34.9. The Hall–Kier alpha value is -2.43. The minimum absolute atomic E-state index is 0.198. The molecule has 1 radical (unpaired) electrons. The van der Waals surface area contributed by atoms with Crippen molar-refractivity contribution >= 4 is 24.4 Å². The molecule has 0 spiro atoms. The molecule has 0 aromatic heterocycles. The van der Waals surface area contributed by atoms with E-state index in [2.05, 4.69) is 4.74 Å². The van der Waals surface area contributed by atoms with Gasteiger partial charge in [-0.25, -0.2) is 9.69 Å². The number of allylic oxidation sites excluding steroid dienone is 1. The van der Waals surface area contributed by atoms with E-state index < -0.39 is 12.0 Å². The van der Waals surface area contributed by atoms with Crippen molar-refractivity contribution < 1.29 is 19.1 Å². The van der Waals surface area contributed by atoms with Gasteiger partial charge in [0.25, 0.3) is 5.91 Å². The van der Waals surface area contributed by atoms with Crippen molar-refractivity contribution in [1.82, 2.24) is 4.90 Å². The van der Waals surface area contributed by atoms with Gasteiger partial charge in [0, 0.05) is 12.1 Å². The molecule has 0 atom stereocenters. The SMILES string of the molecule is CCN(C(=O)OC)C(=O)c1ccccc1/C=C/[C]=O. The Balaban J connectivity index is 3.14. The van der Waals surface area contributed by atoms with Crippen LogP contribution in [0.2, 0.25) is 0 Å². The van der Waals surface area contributed by atoms with Crippen LogP contribution in [0.5, 0.6) is 0 Å². The van der Waals surface area contributed by atoms with Crippen molar-refractivity contribution in [2.75, 3.05) is 13.7 Å². The van der Waals surface area contributed by atoms with Gasteiger partial charge < -0.3 is 4.74 Å². The lowest BCUT2D eigenvalue weighted by Crippen LogP contribution is -2.36. The van der Waals surface area contributed by atoms with Crippen LogP contribution in [-0.4, -0.2) is 36.8 Å². The molecule has 5 heteroatoms. The standard InChI is InChI=1S/C14H14NO4/c1-3-15(14(18)19-2)13(17)12-9-5-4-7-11(12)8-6-10-16/h4-9H,3H2,1-2H3/b8-6+. The number of amides is 2. The van der Waals surface area contributed by atoms with Crippen LogP contribution in [0, 0.1) is 0 Å². The van der Waals surface area contributed by atoms with Crippen molar-refractivity contribution in [3.8, 4) is 0 Å². The maximum Gasteiger partial charge on any atom is 0.416 e. The first-order chi connectivity index (χ1) is 9.15. The van der Waals surface area contributed by atoms with Crippen LogP contribution in [0.3, 0.4) is 0 Å². The van der Waals surface area contributed by atoms with Crippen LogP contribution in [0.4, 0.5) is 4.79 Å². The van der Waals surface area contributed by atoms with E-state index in [-0.39, 0.29) is 6.54 Å². The predicted molar refractivity (Wildman–Crippen MR) is 70.3 cm³/mol. The lowest BCUT2D eigenvalue weighted by Gasteiger charge is -2.18. The summed E-state index contributed by atoms with van der Waals surface area (Å²) in [5, 5.41) is 0. The van der Waals surface area contributed by atoms with E-state index in [9.17, 15) is 14.4 Å². The van der Waals surface area contributed by atoms with E-state index in [1.807, 2.05) is 0 Å². The highest BCUT2D eigenvalue weighted by Gasteiger charge is 2.23. The van der Waals surface area contributed by atoms with Crippen LogP contribution in [0.15, 0.2) is 30.3 Å². The van der Waals surface area contributed by atoms with Gasteiger partial charge in [0.15, 0.2) is 0 Å². The van der Waals surface area contributed by atoms with Crippen molar-refractivity contribution in [2.24, 2.45) is 0 Å². The second-order valence-electron chi connectivity index (χ2n) is 3.56. The topological polar surface area (TPSA) is 63.7 Å². The lowest BCUT2D eigenvalue weighted by molar-refractivity contribution is 0.0716. The smallest absolute Gasteiger partial charge is 0.416 e. The monoisotopic (exact) mass is 260 g/mol. The average molecular weight is 260 g/mol. The molecule has 0 aliphatic rings. The number of carbonyl (C=O) groups is 2. The maximum atomic E-state index is 12.3. The summed E-state index contributed by atoms with van der Waals surface area (Å²) in [5.74, 6) is -0.472. The maximum absolute atomic E-state index is 12.3. The first-order valence-electron chi connectivity index (χ1n) is 5.68. The molecule has 0 fully saturated rings. The zero-order valence-electron chi connectivity index (χ0n) is 10.8. The third kappa shape index (κ3) is 3.51. The number of hydrogen-bond acceptors (Lipinski definition) is 4. The Morgan fingerprint density at radius 2 is 2.05 bits per heavy atom. The minimum Gasteiger partial charge on any atom is -0.452 e. The number of rotatable bonds is 4. The van der Waals surface area contributed by atoms with Gasteiger partial charge >= 0.3 is 6.09 Å². The van der Waals surface area contributed by atoms with Gasteiger partial charge in [-0.05, 0) is 24.6 Å². The first-order valence-corrected chi connectivity index (χ1v) is 5.68. The zero-order chi connectivity index (χ0) is 14.3. The van der Waals surface area contributed by atoms with E-state index in [0.717, 1.165) is 4.90 Å². The highest BCUT2D eigenvalue weighted by Crippen LogP contribution is 2.14. The molecule has 5 nitrogen and oxygen atoms in total. The second kappa shape index (κ2) is 7.10. The Kier molecular flexibility index (Phi) is 5.47. The minimum atomic E-state index is -0.715. The van der Waals surface area contributed by atoms with Crippen LogP contribution < -0.4 is 0 Å². The second-order valence-corrected chi connectivity index (χ2v) is 3.56. The Labute approximate surface area is 111 Å². The van der Waals surface area contributed by atoms with Crippen LogP contribution >= 0.6 is 0 Å². The molecule has 1 rings (SSSR count). The first kappa shape index (κ1) is 14.6. The highest BCUT2D eigenvalue weighted by molar-refractivity contribution is 6.05. The van der Waals surface area contributed by atoms with E-state index >= 15 is 0 Å². The molecule has 0 aliphatic heterocycles. The predicted octanol–water partition coefficient (Wildman–Crippen LogP) is 2.04. The van der Waals surface area contributed by atoms with Crippen LogP contribution in [0.25, 0.3) is 6.08 Å². The number of methoxy groups -OCH3 is 1. The van der Waals surface area contributed by atoms with E-state index in [4.69, 9.17) is 0 Å². The van der Waals surface area contributed by atoms with Gasteiger partial charge in [-0.3, -0.25) is 9.59 Å². The fraction of sp³-hybridized carbons (Fsp3) is 0.214. The van der Waals surface area contributed by atoms with Gasteiger partial charge in [-0.1, -0.05) is 24.3 Å². The van der Waals surface area contributed by atoms with Crippen LogP contribution in [0.1, 0.15) is 22.8 Å². The van der Waals surface area contributed by atoms with Crippen molar-refractivity contribution in [3.05, 3.63) is 41.5 Å². The summed E-state index contributed by atoms with van der Waals surface area (Å²) in [7, 11) is 1.21. The molecule has 1 aromatic carbocycles. The number of imide groups is 1. The summed E-state index contributed by atoms with van der Waals surface area (Å²) in [6, 6.07) is 6.67. The molecule has 99 valence electrons. The number of carbonyl (C=O) groups excluding carboxylic acids is 3.